The van der Waals surface area contributed by atoms with Gasteiger partial charge in [-0.05, 0) is 40.5 Å². The number of ether oxygens (including phenoxy) is 1. The Bertz CT molecular complexity index is 1360. The minimum atomic E-state index is -0.715. The Labute approximate surface area is 207 Å². The molecular formula is C29H24F2N2O3. The third-order valence-corrected chi connectivity index (χ3v) is 5.54. The van der Waals surface area contributed by atoms with Crippen molar-refractivity contribution in [1.29, 1.82) is 0 Å². The number of rotatable bonds is 8. The summed E-state index contributed by atoms with van der Waals surface area (Å²) in [6.45, 7) is 0.345. The summed E-state index contributed by atoms with van der Waals surface area (Å²) in [4.78, 5) is 24.9. The summed E-state index contributed by atoms with van der Waals surface area (Å²) in [6.07, 6.45) is -0.533. The minimum Gasteiger partial charge on any atom is -0.445 e. The van der Waals surface area contributed by atoms with Crippen molar-refractivity contribution in [3.63, 3.8) is 0 Å². The number of carbonyl (C=O) groups excluding carboxylic acids is 2. The molecule has 2 amide bonds. The number of halogens is 2. The molecule has 0 unspecified atom stereocenters. The zero-order valence-electron chi connectivity index (χ0n) is 19.3. The molecule has 4 rings (SSSR count). The Hall–Kier alpha value is -4.52. The molecule has 7 heteroatoms. The van der Waals surface area contributed by atoms with E-state index in [0.717, 1.165) is 34.4 Å². The van der Waals surface area contributed by atoms with Gasteiger partial charge in [0, 0.05) is 30.3 Å². The third-order valence-electron chi connectivity index (χ3n) is 5.54. The van der Waals surface area contributed by atoms with Crippen LogP contribution < -0.4 is 10.6 Å². The van der Waals surface area contributed by atoms with Crippen molar-refractivity contribution in [3.8, 4) is 11.1 Å². The fraction of sp³-hybridized carbons (Fsp3) is 0.103. The van der Waals surface area contributed by atoms with Crippen LogP contribution in [0.5, 0.6) is 0 Å². The quantitative estimate of drug-likeness (QED) is 0.322. The number of benzene rings is 4. The normalized spacial score (nSPS) is 10.5. The largest absolute Gasteiger partial charge is 0.445 e. The topological polar surface area (TPSA) is 67.4 Å². The van der Waals surface area contributed by atoms with Crippen LogP contribution in [-0.2, 0) is 24.4 Å². The summed E-state index contributed by atoms with van der Waals surface area (Å²) in [5.74, 6) is -1.78. The van der Waals surface area contributed by atoms with Gasteiger partial charge in [0.1, 0.15) is 18.2 Å². The van der Waals surface area contributed by atoms with Gasteiger partial charge >= 0.3 is 6.09 Å². The average Bonchev–Trinajstić information content (AvgIpc) is 2.91. The molecule has 0 aliphatic rings. The van der Waals surface area contributed by atoms with Crippen molar-refractivity contribution < 1.29 is 23.1 Å². The Morgan fingerprint density at radius 1 is 0.722 bits per heavy atom. The molecule has 4 aromatic carbocycles. The predicted octanol–water partition coefficient (Wildman–Crippen LogP) is 5.99. The second-order valence-corrected chi connectivity index (χ2v) is 8.07. The molecule has 0 aliphatic heterocycles. The smallest absolute Gasteiger partial charge is 0.407 e. The average molecular weight is 487 g/mol. The zero-order chi connectivity index (χ0) is 25.3. The van der Waals surface area contributed by atoms with Gasteiger partial charge in [-0.1, -0.05) is 72.8 Å². The van der Waals surface area contributed by atoms with E-state index in [2.05, 4.69) is 10.6 Å². The molecule has 4 aromatic rings. The van der Waals surface area contributed by atoms with Crippen LogP contribution in [0.4, 0.5) is 13.6 Å². The lowest BCUT2D eigenvalue weighted by molar-refractivity contribution is 0.0950. The van der Waals surface area contributed by atoms with E-state index in [4.69, 9.17) is 4.74 Å². The van der Waals surface area contributed by atoms with Crippen LogP contribution in [0.15, 0.2) is 97.1 Å². The van der Waals surface area contributed by atoms with E-state index in [1.807, 2.05) is 60.7 Å². The molecule has 0 fully saturated rings. The van der Waals surface area contributed by atoms with Gasteiger partial charge in [-0.25, -0.2) is 13.6 Å². The zero-order valence-corrected chi connectivity index (χ0v) is 19.3. The van der Waals surface area contributed by atoms with Gasteiger partial charge in [0.15, 0.2) is 0 Å². The van der Waals surface area contributed by atoms with E-state index >= 15 is 0 Å². The highest BCUT2D eigenvalue weighted by molar-refractivity contribution is 5.95. The summed E-state index contributed by atoms with van der Waals surface area (Å²) in [5, 5.41) is 5.42. The van der Waals surface area contributed by atoms with Gasteiger partial charge in [-0.3, -0.25) is 4.79 Å². The van der Waals surface area contributed by atoms with E-state index in [1.165, 1.54) is 6.07 Å². The molecule has 2 N–H and O–H groups in total. The Balaban J connectivity index is 1.40. The Morgan fingerprint density at radius 3 is 2.28 bits per heavy atom. The molecule has 0 atom stereocenters. The second kappa shape index (κ2) is 11.8. The highest BCUT2D eigenvalue weighted by Crippen LogP contribution is 2.25. The lowest BCUT2D eigenvalue weighted by atomic mass is 9.98. The first-order valence-electron chi connectivity index (χ1n) is 11.3. The maximum atomic E-state index is 13.9. The van der Waals surface area contributed by atoms with E-state index < -0.39 is 17.7 Å². The molecule has 182 valence electrons. The van der Waals surface area contributed by atoms with Crippen molar-refractivity contribution in [1.82, 2.24) is 10.6 Å². The predicted molar refractivity (Wildman–Crippen MR) is 133 cm³/mol. The first-order valence-corrected chi connectivity index (χ1v) is 11.3. The molecule has 36 heavy (non-hydrogen) atoms. The molecular weight excluding hydrogens is 462 g/mol. The molecule has 5 nitrogen and oxygen atoms in total. The van der Waals surface area contributed by atoms with E-state index in [9.17, 15) is 18.4 Å². The van der Waals surface area contributed by atoms with Gasteiger partial charge in [0.05, 0.1) is 0 Å². The van der Waals surface area contributed by atoms with Gasteiger partial charge in [0.25, 0.3) is 5.91 Å². The van der Waals surface area contributed by atoms with Crippen LogP contribution in [-0.4, -0.2) is 12.0 Å². The maximum absolute atomic E-state index is 13.9. The summed E-state index contributed by atoms with van der Waals surface area (Å²) in [6, 6.07) is 27.1. The molecule has 0 saturated heterocycles. The van der Waals surface area contributed by atoms with Crippen LogP contribution >= 0.6 is 0 Å². The van der Waals surface area contributed by atoms with Gasteiger partial charge in [-0.2, -0.15) is 0 Å². The second-order valence-electron chi connectivity index (χ2n) is 8.07. The van der Waals surface area contributed by atoms with Crippen LogP contribution in [0, 0.1) is 11.6 Å². The van der Waals surface area contributed by atoms with Gasteiger partial charge in [0.2, 0.25) is 0 Å². The van der Waals surface area contributed by atoms with Gasteiger partial charge < -0.3 is 15.4 Å². The molecule has 0 heterocycles. The first kappa shape index (κ1) is 24.6. The number of alkyl carbamates (subject to hydrolysis) is 1. The van der Waals surface area contributed by atoms with Crippen molar-refractivity contribution in [2.75, 3.05) is 0 Å². The van der Waals surface area contributed by atoms with Crippen LogP contribution in [0.3, 0.4) is 0 Å². The number of hydrogen-bond donors (Lipinski definition) is 2. The highest BCUT2D eigenvalue weighted by Gasteiger charge is 2.12. The monoisotopic (exact) mass is 486 g/mol. The van der Waals surface area contributed by atoms with Gasteiger partial charge in [-0.15, -0.1) is 0 Å². The van der Waals surface area contributed by atoms with E-state index in [0.29, 0.717) is 5.56 Å². The fourth-order valence-electron chi connectivity index (χ4n) is 3.67. The van der Waals surface area contributed by atoms with Crippen molar-refractivity contribution >= 4 is 12.0 Å². The molecule has 0 saturated carbocycles. The summed E-state index contributed by atoms with van der Waals surface area (Å²) < 4.78 is 32.2. The molecule has 0 aromatic heterocycles. The van der Waals surface area contributed by atoms with Crippen LogP contribution in [0.1, 0.15) is 27.0 Å². The fourth-order valence-corrected chi connectivity index (χ4v) is 3.67. The summed E-state index contributed by atoms with van der Waals surface area (Å²) in [5.41, 5.74) is 3.95. The SMILES string of the molecule is O=C(NCc1ccccc1-c1cccc(C(=O)NCc2ccc(F)cc2F)c1)OCc1ccccc1. The van der Waals surface area contributed by atoms with Crippen LogP contribution in [0.2, 0.25) is 0 Å². The lowest BCUT2D eigenvalue weighted by Gasteiger charge is -2.13. The summed E-state index contributed by atoms with van der Waals surface area (Å²) >= 11 is 0. The Morgan fingerprint density at radius 2 is 1.47 bits per heavy atom. The lowest BCUT2D eigenvalue weighted by Crippen LogP contribution is -2.24. The van der Waals surface area contributed by atoms with Crippen molar-refractivity contribution in [3.05, 3.63) is 131 Å². The van der Waals surface area contributed by atoms with E-state index in [1.54, 1.807) is 18.2 Å². The minimum absolute atomic E-state index is 0.0687. The number of amides is 2. The van der Waals surface area contributed by atoms with E-state index in [-0.39, 0.29) is 31.2 Å². The highest BCUT2D eigenvalue weighted by atomic mass is 19.1. The van der Waals surface area contributed by atoms with Crippen molar-refractivity contribution in [2.45, 2.75) is 19.7 Å². The maximum Gasteiger partial charge on any atom is 0.407 e. The molecule has 0 spiro atoms. The molecule has 0 radical (unpaired) electrons. The number of nitrogens with one attached hydrogen (secondary N) is 2. The third kappa shape index (κ3) is 6.54. The first-order chi connectivity index (χ1) is 17.5. The standard InChI is InChI=1S/C29H24F2N2O3/c30-25-14-13-24(27(31)16-25)18-32-28(34)22-11-6-10-21(15-22)26-12-5-4-9-23(26)17-33-29(35)36-19-20-7-2-1-3-8-20/h1-16H,17-19H2,(H,32,34)(H,33,35). The number of hydrogen-bond acceptors (Lipinski definition) is 3. The summed E-state index contributed by atoms with van der Waals surface area (Å²) in [7, 11) is 0. The Kier molecular flexibility index (Phi) is 8.03. The molecule has 0 aliphatic carbocycles. The van der Waals surface area contributed by atoms with Crippen molar-refractivity contribution in [2.24, 2.45) is 0 Å². The number of carbonyl (C=O) groups is 2. The molecule has 0 bridgehead atoms. The van der Waals surface area contributed by atoms with Crippen LogP contribution in [0.25, 0.3) is 11.1 Å².